The van der Waals surface area contributed by atoms with E-state index in [9.17, 15) is 9.90 Å². The lowest BCUT2D eigenvalue weighted by Crippen LogP contribution is -2.65. The molecule has 4 fully saturated rings. The molecule has 5 aliphatic rings. The van der Waals surface area contributed by atoms with Crippen molar-refractivity contribution in [3.8, 4) is 11.5 Å². The van der Waals surface area contributed by atoms with Crippen molar-refractivity contribution in [2.24, 2.45) is 56.7 Å². The predicted octanol–water partition coefficient (Wildman–Crippen LogP) is 9.56. The summed E-state index contributed by atoms with van der Waals surface area (Å²) >= 11 is 3.56. The van der Waals surface area contributed by atoms with Gasteiger partial charge in [-0.25, -0.2) is 0 Å². The molecule has 250 valence electrons. The number of nitrogens with zero attached hydrogens (tertiary/aromatic N) is 2. The Kier molecular flexibility index (Phi) is 7.80. The average molecular weight is 694 g/mol. The number of halogens is 1. The molecule has 1 aromatic heterocycles. The van der Waals surface area contributed by atoms with Crippen molar-refractivity contribution in [3.63, 3.8) is 0 Å². The second-order valence-electron chi connectivity index (χ2n) is 17.2. The van der Waals surface area contributed by atoms with Crippen LogP contribution < -0.4 is 0 Å². The number of aliphatic hydroxyl groups excluding tert-OH is 1. The van der Waals surface area contributed by atoms with E-state index < -0.39 is 5.41 Å². The third-order valence-electron chi connectivity index (χ3n) is 15.3. The molecule has 0 saturated heterocycles. The molecule has 10 atom stereocenters. The molecule has 46 heavy (non-hydrogen) atoms. The zero-order valence-corrected chi connectivity index (χ0v) is 30.5. The zero-order chi connectivity index (χ0) is 32.9. The highest BCUT2D eigenvalue weighted by atomic mass is 79.9. The molecule has 0 spiro atoms. The number of hydrogen-bond donors (Lipinski definition) is 1. The summed E-state index contributed by atoms with van der Waals surface area (Å²) in [7, 11) is 0. The molecule has 4 saturated carbocycles. The van der Waals surface area contributed by atoms with Crippen molar-refractivity contribution >= 4 is 21.9 Å². The monoisotopic (exact) mass is 692 g/mol. The standard InChI is InChI=1S/C39H53BrN2O4/c1-23-14-19-39(34(44)45-22-31-41-42-33(46-31)25-10-8-9-11-27(25)40)21-20-37(6)26(32(39)24(23)2)12-13-29-36(5)17-16-30(43)35(3,4)28(36)15-18-38(29,37)7/h8-12,23-24,28-30,32,43H,13-22H2,1-7H3/t23-,24+,28+,29-,30+,32+,36+,37-,38-,39+/m1/s1. The van der Waals surface area contributed by atoms with Crippen LogP contribution in [0.15, 0.2) is 44.8 Å². The number of aliphatic hydroxyl groups is 1. The van der Waals surface area contributed by atoms with Gasteiger partial charge in [0.05, 0.1) is 17.1 Å². The van der Waals surface area contributed by atoms with E-state index in [1.54, 1.807) is 5.57 Å². The largest absolute Gasteiger partial charge is 0.455 e. The van der Waals surface area contributed by atoms with Crippen LogP contribution in [0.5, 0.6) is 0 Å². The van der Waals surface area contributed by atoms with Crippen LogP contribution >= 0.6 is 15.9 Å². The van der Waals surface area contributed by atoms with Crippen LogP contribution in [0.3, 0.4) is 0 Å². The highest BCUT2D eigenvalue weighted by Gasteiger charge is 2.69. The van der Waals surface area contributed by atoms with Crippen molar-refractivity contribution in [1.82, 2.24) is 10.2 Å². The van der Waals surface area contributed by atoms with Crippen LogP contribution in [0, 0.1) is 56.7 Å². The first-order chi connectivity index (χ1) is 21.7. The number of rotatable bonds is 4. The van der Waals surface area contributed by atoms with Crippen molar-refractivity contribution < 1.29 is 19.1 Å². The highest BCUT2D eigenvalue weighted by molar-refractivity contribution is 9.10. The number of carbonyl (C=O) groups excluding carboxylic acids is 1. The van der Waals surface area contributed by atoms with Crippen LogP contribution in [-0.4, -0.2) is 27.4 Å². The van der Waals surface area contributed by atoms with Crippen molar-refractivity contribution in [2.45, 2.75) is 119 Å². The van der Waals surface area contributed by atoms with Gasteiger partial charge in [0, 0.05) is 4.47 Å². The van der Waals surface area contributed by atoms with Crippen LogP contribution in [0.1, 0.15) is 112 Å². The molecule has 5 aliphatic carbocycles. The predicted molar refractivity (Wildman–Crippen MR) is 182 cm³/mol. The van der Waals surface area contributed by atoms with Gasteiger partial charge in [-0.2, -0.15) is 0 Å². The average Bonchev–Trinajstić information content (AvgIpc) is 3.49. The summed E-state index contributed by atoms with van der Waals surface area (Å²) in [5, 5.41) is 19.5. The normalized spacial score (nSPS) is 42.9. The van der Waals surface area contributed by atoms with Gasteiger partial charge in [-0.05, 0) is 137 Å². The summed E-state index contributed by atoms with van der Waals surface area (Å²) < 4.78 is 13.0. The molecule has 0 aliphatic heterocycles. The van der Waals surface area contributed by atoms with Crippen LogP contribution in [0.25, 0.3) is 11.5 Å². The lowest BCUT2D eigenvalue weighted by molar-refractivity contribution is -0.207. The van der Waals surface area contributed by atoms with Gasteiger partial charge in [0.1, 0.15) is 0 Å². The van der Waals surface area contributed by atoms with Gasteiger partial charge in [0.2, 0.25) is 5.89 Å². The maximum atomic E-state index is 14.4. The number of esters is 1. The molecular weight excluding hydrogens is 640 g/mol. The minimum Gasteiger partial charge on any atom is -0.455 e. The Bertz CT molecular complexity index is 1550. The Morgan fingerprint density at radius 3 is 2.50 bits per heavy atom. The van der Waals surface area contributed by atoms with Gasteiger partial charge in [-0.1, -0.05) is 72.2 Å². The fourth-order valence-corrected chi connectivity index (χ4v) is 12.6. The third kappa shape index (κ3) is 4.45. The maximum Gasteiger partial charge on any atom is 0.313 e. The molecule has 6 nitrogen and oxygen atoms in total. The Balaban J connectivity index is 1.19. The third-order valence-corrected chi connectivity index (χ3v) is 16.0. The molecule has 2 aromatic rings. The Morgan fingerprint density at radius 2 is 1.74 bits per heavy atom. The van der Waals surface area contributed by atoms with Gasteiger partial charge in [-0.3, -0.25) is 4.79 Å². The van der Waals surface area contributed by atoms with Gasteiger partial charge in [-0.15, -0.1) is 10.2 Å². The Morgan fingerprint density at radius 1 is 0.978 bits per heavy atom. The first kappa shape index (κ1) is 32.6. The lowest BCUT2D eigenvalue weighted by atomic mass is 9.33. The number of allylic oxidation sites excluding steroid dienone is 2. The molecule has 1 N–H and O–H groups in total. The van der Waals surface area contributed by atoms with Gasteiger partial charge >= 0.3 is 5.97 Å². The second kappa shape index (κ2) is 11.0. The first-order valence-electron chi connectivity index (χ1n) is 17.8. The van der Waals surface area contributed by atoms with E-state index in [1.165, 1.54) is 12.8 Å². The number of ether oxygens (including phenoxy) is 1. The zero-order valence-electron chi connectivity index (χ0n) is 28.9. The van der Waals surface area contributed by atoms with E-state index in [-0.39, 0.29) is 46.3 Å². The minimum atomic E-state index is -0.524. The Hall–Kier alpha value is -1.99. The number of benzene rings is 1. The second-order valence-corrected chi connectivity index (χ2v) is 18.1. The molecule has 1 heterocycles. The first-order valence-corrected chi connectivity index (χ1v) is 18.6. The van der Waals surface area contributed by atoms with Gasteiger partial charge in [0.25, 0.3) is 5.89 Å². The van der Waals surface area contributed by atoms with E-state index >= 15 is 0 Å². The van der Waals surface area contributed by atoms with Crippen LogP contribution in [0.4, 0.5) is 0 Å². The topological polar surface area (TPSA) is 85.5 Å². The maximum absolute atomic E-state index is 14.4. The minimum absolute atomic E-state index is 0.00776. The SMILES string of the molecule is C[C@H]1[C@H](C)CC[C@]2(C(=O)OCc3nnc(-c4ccccc4Br)o3)CC[C@]3(C)C(=CC[C@@H]4[C@@]5(C)CC[C@H](O)C(C)(C)[C@@H]5CC[C@]43C)[C@H]12. The summed E-state index contributed by atoms with van der Waals surface area (Å²) in [6.07, 6.45) is 11.6. The fraction of sp³-hybridized carbons (Fsp3) is 0.718. The molecule has 7 rings (SSSR count). The molecule has 0 bridgehead atoms. The number of fused-ring (bicyclic) bond motifs is 7. The van der Waals surface area contributed by atoms with Crippen molar-refractivity contribution in [2.75, 3.05) is 0 Å². The summed E-state index contributed by atoms with van der Waals surface area (Å²) in [4.78, 5) is 14.4. The molecule has 0 unspecified atom stereocenters. The molecular formula is C39H53BrN2O4. The van der Waals surface area contributed by atoms with Crippen molar-refractivity contribution in [3.05, 3.63) is 46.3 Å². The fourth-order valence-electron chi connectivity index (χ4n) is 12.2. The summed E-state index contributed by atoms with van der Waals surface area (Å²) in [5.74, 6) is 2.87. The number of carbonyl (C=O) groups is 1. The highest BCUT2D eigenvalue weighted by Crippen LogP contribution is 2.75. The van der Waals surface area contributed by atoms with Crippen LogP contribution in [0.2, 0.25) is 0 Å². The summed E-state index contributed by atoms with van der Waals surface area (Å²) in [6, 6.07) is 7.74. The number of aromatic nitrogens is 2. The van der Waals surface area contributed by atoms with Crippen LogP contribution in [-0.2, 0) is 16.1 Å². The Labute approximate surface area is 283 Å². The number of hydrogen-bond acceptors (Lipinski definition) is 6. The van der Waals surface area contributed by atoms with Gasteiger partial charge in [0.15, 0.2) is 6.61 Å². The quantitative estimate of drug-likeness (QED) is 0.254. The molecule has 0 radical (unpaired) electrons. The smallest absolute Gasteiger partial charge is 0.313 e. The molecule has 0 amide bonds. The van der Waals surface area contributed by atoms with E-state index in [0.717, 1.165) is 55.0 Å². The molecule has 1 aromatic carbocycles. The summed E-state index contributed by atoms with van der Waals surface area (Å²) in [6.45, 7) is 17.1. The molecule has 7 heteroatoms. The van der Waals surface area contributed by atoms with Gasteiger partial charge < -0.3 is 14.3 Å². The van der Waals surface area contributed by atoms with Crippen molar-refractivity contribution in [1.29, 1.82) is 0 Å². The van der Waals surface area contributed by atoms with E-state index in [4.69, 9.17) is 9.15 Å². The van der Waals surface area contributed by atoms with E-state index in [0.29, 0.717) is 35.5 Å². The summed E-state index contributed by atoms with van der Waals surface area (Å²) in [5.41, 5.74) is 2.17. The van der Waals surface area contributed by atoms with E-state index in [1.807, 2.05) is 24.3 Å². The van der Waals surface area contributed by atoms with E-state index in [2.05, 4.69) is 80.7 Å². The lowest BCUT2D eigenvalue weighted by Gasteiger charge is -2.71.